The first-order valence-corrected chi connectivity index (χ1v) is 17.3. The second-order valence-corrected chi connectivity index (χ2v) is 16.3. The van der Waals surface area contributed by atoms with Crippen LogP contribution in [0.15, 0.2) is 41.9 Å². The fourth-order valence-electron chi connectivity index (χ4n) is 5.98. The van der Waals surface area contributed by atoms with Crippen molar-refractivity contribution in [1.82, 2.24) is 0 Å². The molecule has 5 nitrogen and oxygen atoms in total. The van der Waals surface area contributed by atoms with Gasteiger partial charge in [-0.2, -0.15) is 4.99 Å². The number of halogens is 4. The summed E-state index contributed by atoms with van der Waals surface area (Å²) in [6.07, 6.45) is 6.06. The highest BCUT2D eigenvalue weighted by atomic mass is 28.3. The van der Waals surface area contributed by atoms with Gasteiger partial charge in [-0.05, 0) is 46.6 Å². The van der Waals surface area contributed by atoms with Gasteiger partial charge in [0, 0.05) is 22.5 Å². The number of benzene rings is 2. The third-order valence-electron chi connectivity index (χ3n) is 8.31. The summed E-state index contributed by atoms with van der Waals surface area (Å²) in [5.41, 5.74) is 4.02. The Morgan fingerprint density at radius 1 is 0.951 bits per heavy atom. The highest BCUT2D eigenvalue weighted by Gasteiger charge is 2.47. The second-order valence-electron chi connectivity index (χ2n) is 11.9. The monoisotopic (exact) mass is 587 g/mol. The zero-order valence-electron chi connectivity index (χ0n) is 23.9. The van der Waals surface area contributed by atoms with E-state index >= 15 is 0 Å². The highest BCUT2D eigenvalue weighted by molar-refractivity contribution is 7.02. The summed E-state index contributed by atoms with van der Waals surface area (Å²) in [6.45, 7) is 9.28. The summed E-state index contributed by atoms with van der Waals surface area (Å²) in [4.78, 5) is 20.7. The van der Waals surface area contributed by atoms with Crippen molar-refractivity contribution in [2.45, 2.75) is 64.0 Å². The van der Waals surface area contributed by atoms with Crippen molar-refractivity contribution < 1.29 is 27.1 Å². The van der Waals surface area contributed by atoms with Crippen LogP contribution in [0, 0.1) is 0 Å². The van der Waals surface area contributed by atoms with Gasteiger partial charge in [0.15, 0.2) is 0 Å². The van der Waals surface area contributed by atoms with Gasteiger partial charge in [-0.3, -0.25) is 0 Å². The van der Waals surface area contributed by atoms with Gasteiger partial charge >= 0.3 is 6.09 Å². The molecule has 3 heterocycles. The summed E-state index contributed by atoms with van der Waals surface area (Å²) in [5, 5.41) is 1.88. The number of fused-ring (bicyclic) bond motifs is 2. The van der Waals surface area contributed by atoms with Crippen LogP contribution in [0.25, 0.3) is 6.08 Å². The fourth-order valence-corrected chi connectivity index (χ4v) is 9.05. The van der Waals surface area contributed by atoms with Crippen LogP contribution >= 0.6 is 0 Å². The maximum absolute atomic E-state index is 13.8. The molecule has 2 saturated heterocycles. The van der Waals surface area contributed by atoms with Crippen LogP contribution in [0.3, 0.4) is 0 Å². The number of hydrogen-bond acceptors (Lipinski definition) is 4. The zero-order valence-corrected chi connectivity index (χ0v) is 24.9. The highest BCUT2D eigenvalue weighted by Crippen LogP contribution is 2.36. The molecule has 220 valence electrons. The Balaban J connectivity index is 1.55. The summed E-state index contributed by atoms with van der Waals surface area (Å²) >= 11 is 0. The fraction of sp³-hybridized carbons (Fsp3) is 0.484. The number of rotatable bonds is 9. The van der Waals surface area contributed by atoms with Crippen molar-refractivity contribution in [3.63, 3.8) is 0 Å². The number of nitrogens with zero attached hydrogens (tertiary/aromatic N) is 3. The molecule has 10 heteroatoms. The van der Waals surface area contributed by atoms with Gasteiger partial charge in [-0.25, -0.2) is 22.4 Å². The molecule has 41 heavy (non-hydrogen) atoms. The van der Waals surface area contributed by atoms with Crippen molar-refractivity contribution in [3.8, 4) is 0 Å². The first-order chi connectivity index (χ1) is 19.3. The minimum absolute atomic E-state index is 0.276. The number of amides is 1. The van der Waals surface area contributed by atoms with Crippen molar-refractivity contribution in [2.24, 2.45) is 4.99 Å². The Morgan fingerprint density at radius 3 is 2.17 bits per heavy atom. The molecule has 2 fully saturated rings. The molecular formula is C31H37F4N3O2Si. The van der Waals surface area contributed by atoms with Gasteiger partial charge in [0.2, 0.25) is 0 Å². The molecule has 0 bridgehead atoms. The van der Waals surface area contributed by atoms with Crippen LogP contribution in [0.4, 0.5) is 33.7 Å². The average Bonchev–Trinajstić information content (AvgIpc) is 2.89. The number of carbonyl (C=O) groups excluding carboxylic acids is 1. The van der Waals surface area contributed by atoms with Crippen molar-refractivity contribution in [1.29, 1.82) is 0 Å². The maximum Gasteiger partial charge on any atom is 0.434 e. The van der Waals surface area contributed by atoms with E-state index in [4.69, 9.17) is 4.74 Å². The number of alkyl halides is 4. The van der Waals surface area contributed by atoms with Gasteiger partial charge in [0.25, 0.3) is 11.8 Å². The normalized spacial score (nSPS) is 20.5. The third-order valence-corrected chi connectivity index (χ3v) is 11.8. The summed E-state index contributed by atoms with van der Waals surface area (Å²) in [6, 6.07) is 9.34. The van der Waals surface area contributed by atoms with Crippen molar-refractivity contribution in [3.05, 3.63) is 53.6 Å². The van der Waals surface area contributed by atoms with E-state index in [0.717, 1.165) is 53.6 Å². The molecule has 0 spiro atoms. The molecule has 2 aromatic rings. The predicted octanol–water partition coefficient (Wildman–Crippen LogP) is 6.32. The maximum atomic E-state index is 13.8. The van der Waals surface area contributed by atoms with Gasteiger partial charge in [-0.15, -0.1) is 0 Å². The second kappa shape index (κ2) is 10.9. The van der Waals surface area contributed by atoms with Crippen LogP contribution in [-0.4, -0.2) is 64.5 Å². The molecule has 0 atom stereocenters. The molecule has 0 N–H and O–H groups in total. The van der Waals surface area contributed by atoms with E-state index in [1.807, 2.05) is 24.3 Å². The minimum Gasteiger partial charge on any atom is -0.448 e. The lowest BCUT2D eigenvalue weighted by atomic mass is 9.94. The Kier molecular flexibility index (Phi) is 7.82. The van der Waals surface area contributed by atoms with E-state index < -0.39 is 26.0 Å². The molecule has 1 amide bonds. The van der Waals surface area contributed by atoms with Crippen LogP contribution < -0.4 is 20.2 Å². The van der Waals surface area contributed by atoms with E-state index in [1.165, 1.54) is 0 Å². The Bertz CT molecular complexity index is 1380. The lowest BCUT2D eigenvalue weighted by Crippen LogP contribution is -2.62. The number of ether oxygens (including phenoxy) is 1. The number of aliphatic imine (C=N–C) groups is 1. The smallest absolute Gasteiger partial charge is 0.434 e. The lowest BCUT2D eigenvalue weighted by molar-refractivity contribution is -0.0268. The largest absolute Gasteiger partial charge is 0.448 e. The zero-order chi connectivity index (χ0) is 29.6. The number of carbonyl (C=O) groups is 1. The molecule has 0 radical (unpaired) electrons. The van der Waals surface area contributed by atoms with Crippen LogP contribution in [-0.2, 0) is 4.74 Å². The topological polar surface area (TPSA) is 45.1 Å². The van der Waals surface area contributed by atoms with Crippen LogP contribution in [0.1, 0.15) is 55.7 Å². The Hall–Kier alpha value is -3.14. The van der Waals surface area contributed by atoms with Crippen molar-refractivity contribution >= 4 is 47.7 Å². The Morgan fingerprint density at radius 2 is 1.56 bits per heavy atom. The average molecular weight is 588 g/mol. The summed E-state index contributed by atoms with van der Waals surface area (Å²) in [7, 11) is -2.53. The predicted molar refractivity (Wildman–Crippen MR) is 160 cm³/mol. The van der Waals surface area contributed by atoms with Gasteiger partial charge < -0.3 is 14.5 Å². The minimum atomic E-state index is -2.73. The van der Waals surface area contributed by atoms with E-state index in [9.17, 15) is 22.4 Å². The van der Waals surface area contributed by atoms with E-state index in [2.05, 4.69) is 31.6 Å². The van der Waals surface area contributed by atoms with Gasteiger partial charge in [0.1, 0.15) is 8.07 Å². The number of hydrogen-bond donors (Lipinski definition) is 0. The first-order valence-electron chi connectivity index (χ1n) is 14.3. The molecule has 2 aromatic carbocycles. The molecular weight excluding hydrogens is 550 g/mol. The molecule has 0 aromatic heterocycles. The van der Waals surface area contributed by atoms with Crippen molar-refractivity contribution in [2.75, 3.05) is 42.6 Å². The summed E-state index contributed by atoms with van der Waals surface area (Å²) < 4.78 is 60.4. The van der Waals surface area contributed by atoms with Gasteiger partial charge in [0.05, 0.1) is 38.5 Å². The Labute approximate surface area is 239 Å². The van der Waals surface area contributed by atoms with E-state index in [1.54, 1.807) is 21.9 Å². The quantitative estimate of drug-likeness (QED) is 0.196. The lowest BCUT2D eigenvalue weighted by Gasteiger charge is -2.43. The molecule has 3 aliphatic heterocycles. The molecule has 0 saturated carbocycles. The van der Waals surface area contributed by atoms with Gasteiger partial charge in [-0.1, -0.05) is 64.4 Å². The SMILES string of the molecule is C=Cc1cc(N2CC(F)(F)C2)cc2c1/C(=N/C(=O)OCCCCCCC)c1ccc(N3CC(F)(F)C3)cc1[Si]2(C)C. The van der Waals surface area contributed by atoms with E-state index in [0.29, 0.717) is 22.6 Å². The molecule has 0 unspecified atom stereocenters. The molecule has 3 aliphatic rings. The van der Waals surface area contributed by atoms with Crippen LogP contribution in [0.2, 0.25) is 13.1 Å². The molecule has 5 rings (SSSR count). The van der Waals surface area contributed by atoms with Crippen LogP contribution in [0.5, 0.6) is 0 Å². The molecule has 0 aliphatic carbocycles. The summed E-state index contributed by atoms with van der Waals surface area (Å²) in [5.74, 6) is -5.44. The number of anilines is 2. The van der Waals surface area contributed by atoms with E-state index in [-0.39, 0.29) is 32.8 Å². The standard InChI is InChI=1S/C31H37F4N3O2Si/c1-5-7-8-9-10-13-40-29(39)36-28-24-12-11-22(37-17-30(32,33)18-37)15-25(24)41(3,4)26-16-23(14-21(6-2)27(26)28)38-19-31(34,35)20-38/h6,11-12,14-16H,2,5,7-10,13,17-20H2,1,3-4H3/b36-28+. The first kappa shape index (κ1) is 29.4. The third kappa shape index (κ3) is 5.80. The number of unbranched alkanes of at least 4 members (excludes halogenated alkanes) is 4.